The Bertz CT molecular complexity index is 642. The molecular weight excluding hydrogens is 302 g/mol. The van der Waals surface area contributed by atoms with Crippen molar-refractivity contribution in [3.8, 4) is 11.5 Å². The van der Waals surface area contributed by atoms with Crippen LogP contribution >= 0.6 is 0 Å². The number of para-hydroxylation sites is 1. The first kappa shape index (κ1) is 16.8. The van der Waals surface area contributed by atoms with E-state index in [-0.39, 0.29) is 6.61 Å². The molecule has 1 aliphatic heterocycles. The highest BCUT2D eigenvalue weighted by molar-refractivity contribution is 5.33. The molecule has 4 heteroatoms. The molecule has 1 aliphatic rings. The summed E-state index contributed by atoms with van der Waals surface area (Å²) in [6, 6.07) is 15.6. The van der Waals surface area contributed by atoms with Crippen molar-refractivity contribution in [2.45, 2.75) is 19.4 Å². The lowest BCUT2D eigenvalue weighted by Gasteiger charge is -2.18. The third-order valence-corrected chi connectivity index (χ3v) is 4.55. The van der Waals surface area contributed by atoms with Gasteiger partial charge in [0.1, 0.15) is 18.1 Å². The lowest BCUT2D eigenvalue weighted by molar-refractivity contribution is 0.198. The zero-order valence-corrected chi connectivity index (χ0v) is 13.9. The number of likely N-dealkylation sites (tertiary alicyclic amines) is 1. The van der Waals surface area contributed by atoms with Gasteiger partial charge < -0.3 is 14.9 Å². The molecule has 0 aliphatic carbocycles. The Hall–Kier alpha value is -2.04. The van der Waals surface area contributed by atoms with E-state index in [1.807, 2.05) is 30.3 Å². The SMILES string of the molecule is OCCOc1ccccc1CN1CCC(Cc2ccc(O)cc2)C1. The first-order chi connectivity index (χ1) is 11.7. The minimum absolute atomic E-state index is 0.0345. The quantitative estimate of drug-likeness (QED) is 0.821. The molecule has 0 amide bonds. The normalized spacial score (nSPS) is 18.0. The second-order valence-electron chi connectivity index (χ2n) is 6.44. The summed E-state index contributed by atoms with van der Waals surface area (Å²) in [5.74, 6) is 1.85. The molecule has 0 bridgehead atoms. The fraction of sp³-hybridized carbons (Fsp3) is 0.400. The minimum atomic E-state index is 0.0345. The molecular formula is C20H25NO3. The van der Waals surface area contributed by atoms with Gasteiger partial charge in [0, 0.05) is 18.7 Å². The second kappa shape index (κ2) is 8.18. The van der Waals surface area contributed by atoms with Gasteiger partial charge in [0.05, 0.1) is 6.61 Å². The van der Waals surface area contributed by atoms with Crippen LogP contribution in [0.15, 0.2) is 48.5 Å². The van der Waals surface area contributed by atoms with Gasteiger partial charge in [0.15, 0.2) is 0 Å². The van der Waals surface area contributed by atoms with Gasteiger partial charge in [-0.05, 0) is 49.1 Å². The standard InChI is InChI=1S/C20H25NO3/c22-11-12-24-20-4-2-1-3-18(20)15-21-10-9-17(14-21)13-16-5-7-19(23)8-6-16/h1-8,17,22-23H,9-15H2. The van der Waals surface area contributed by atoms with Crippen molar-refractivity contribution in [1.29, 1.82) is 0 Å². The van der Waals surface area contributed by atoms with Gasteiger partial charge in [-0.1, -0.05) is 30.3 Å². The Morgan fingerprint density at radius 3 is 2.67 bits per heavy atom. The number of phenols is 1. The molecule has 0 radical (unpaired) electrons. The van der Waals surface area contributed by atoms with Crippen molar-refractivity contribution in [2.24, 2.45) is 5.92 Å². The topological polar surface area (TPSA) is 52.9 Å². The first-order valence-electron chi connectivity index (χ1n) is 8.56. The van der Waals surface area contributed by atoms with Crippen LogP contribution in [0.25, 0.3) is 0 Å². The van der Waals surface area contributed by atoms with E-state index in [9.17, 15) is 5.11 Å². The Morgan fingerprint density at radius 1 is 1.08 bits per heavy atom. The van der Waals surface area contributed by atoms with Crippen LogP contribution in [0.5, 0.6) is 11.5 Å². The van der Waals surface area contributed by atoms with Crippen molar-refractivity contribution in [2.75, 3.05) is 26.3 Å². The summed E-state index contributed by atoms with van der Waals surface area (Å²) in [7, 11) is 0. The second-order valence-corrected chi connectivity index (χ2v) is 6.44. The van der Waals surface area contributed by atoms with Crippen LogP contribution < -0.4 is 4.74 Å². The molecule has 0 saturated carbocycles. The summed E-state index contributed by atoms with van der Waals surface area (Å²) in [6.07, 6.45) is 2.25. The molecule has 24 heavy (non-hydrogen) atoms. The maximum atomic E-state index is 9.38. The summed E-state index contributed by atoms with van der Waals surface area (Å²) in [5.41, 5.74) is 2.46. The largest absolute Gasteiger partial charge is 0.508 e. The molecule has 1 heterocycles. The highest BCUT2D eigenvalue weighted by Crippen LogP contribution is 2.26. The van der Waals surface area contributed by atoms with Gasteiger partial charge in [-0.25, -0.2) is 0 Å². The number of nitrogens with zero attached hydrogens (tertiary/aromatic N) is 1. The van der Waals surface area contributed by atoms with Gasteiger partial charge in [0.25, 0.3) is 0 Å². The fourth-order valence-corrected chi connectivity index (χ4v) is 3.36. The van der Waals surface area contributed by atoms with E-state index in [0.29, 0.717) is 18.3 Å². The van der Waals surface area contributed by atoms with E-state index in [2.05, 4.69) is 11.0 Å². The molecule has 1 saturated heterocycles. The number of ether oxygens (including phenoxy) is 1. The summed E-state index contributed by atoms with van der Waals surface area (Å²) in [6.45, 7) is 3.42. The van der Waals surface area contributed by atoms with Crippen LogP contribution in [0.4, 0.5) is 0 Å². The number of rotatable bonds is 7. The van der Waals surface area contributed by atoms with E-state index in [0.717, 1.165) is 31.8 Å². The van der Waals surface area contributed by atoms with Gasteiger partial charge in [-0.3, -0.25) is 4.90 Å². The molecule has 1 fully saturated rings. The number of phenolic OH excluding ortho intramolecular Hbond substituents is 1. The molecule has 1 atom stereocenters. The predicted octanol–water partition coefficient (Wildman–Crippen LogP) is 2.83. The highest BCUT2D eigenvalue weighted by atomic mass is 16.5. The van der Waals surface area contributed by atoms with Crippen molar-refractivity contribution in [1.82, 2.24) is 4.90 Å². The van der Waals surface area contributed by atoms with Gasteiger partial charge in [-0.2, -0.15) is 0 Å². The Morgan fingerprint density at radius 2 is 1.88 bits per heavy atom. The summed E-state index contributed by atoms with van der Waals surface area (Å²) < 4.78 is 5.63. The number of benzene rings is 2. The van der Waals surface area contributed by atoms with Gasteiger partial charge in [-0.15, -0.1) is 0 Å². The van der Waals surface area contributed by atoms with Gasteiger partial charge in [0.2, 0.25) is 0 Å². The van der Waals surface area contributed by atoms with E-state index < -0.39 is 0 Å². The van der Waals surface area contributed by atoms with Crippen LogP contribution in [0, 0.1) is 5.92 Å². The lowest BCUT2D eigenvalue weighted by Crippen LogP contribution is -2.21. The maximum Gasteiger partial charge on any atom is 0.123 e. The smallest absolute Gasteiger partial charge is 0.123 e. The van der Waals surface area contributed by atoms with Gasteiger partial charge >= 0.3 is 0 Å². The monoisotopic (exact) mass is 327 g/mol. The van der Waals surface area contributed by atoms with Crippen molar-refractivity contribution < 1.29 is 14.9 Å². The zero-order chi connectivity index (χ0) is 16.8. The van der Waals surface area contributed by atoms with E-state index in [4.69, 9.17) is 9.84 Å². The molecule has 2 N–H and O–H groups in total. The van der Waals surface area contributed by atoms with Crippen LogP contribution in [0.3, 0.4) is 0 Å². The molecule has 4 nitrogen and oxygen atoms in total. The molecule has 128 valence electrons. The van der Waals surface area contributed by atoms with Crippen molar-refractivity contribution in [3.05, 3.63) is 59.7 Å². The van der Waals surface area contributed by atoms with E-state index >= 15 is 0 Å². The molecule has 2 aromatic carbocycles. The Balaban J connectivity index is 1.55. The minimum Gasteiger partial charge on any atom is -0.508 e. The van der Waals surface area contributed by atoms with Crippen molar-refractivity contribution in [3.63, 3.8) is 0 Å². The van der Waals surface area contributed by atoms with E-state index in [1.165, 1.54) is 17.5 Å². The average molecular weight is 327 g/mol. The van der Waals surface area contributed by atoms with Crippen molar-refractivity contribution >= 4 is 0 Å². The highest BCUT2D eigenvalue weighted by Gasteiger charge is 2.23. The average Bonchev–Trinajstić information content (AvgIpc) is 3.03. The number of hydrogen-bond donors (Lipinski definition) is 2. The first-order valence-corrected chi connectivity index (χ1v) is 8.56. The van der Waals surface area contributed by atoms with Crippen LogP contribution in [0.2, 0.25) is 0 Å². The fourth-order valence-electron chi connectivity index (χ4n) is 3.36. The summed E-state index contributed by atoms with van der Waals surface area (Å²) >= 11 is 0. The third kappa shape index (κ3) is 4.49. The molecule has 0 spiro atoms. The zero-order valence-electron chi connectivity index (χ0n) is 13.9. The molecule has 3 rings (SSSR count). The Kier molecular flexibility index (Phi) is 5.72. The number of aromatic hydroxyl groups is 1. The number of aliphatic hydroxyl groups is 1. The summed E-state index contributed by atoms with van der Waals surface area (Å²) in [4.78, 5) is 2.46. The predicted molar refractivity (Wildman–Crippen MR) is 94.2 cm³/mol. The third-order valence-electron chi connectivity index (χ3n) is 4.55. The maximum absolute atomic E-state index is 9.38. The van der Waals surface area contributed by atoms with E-state index in [1.54, 1.807) is 12.1 Å². The van der Waals surface area contributed by atoms with Crippen LogP contribution in [0.1, 0.15) is 17.5 Å². The molecule has 1 unspecified atom stereocenters. The number of hydrogen-bond acceptors (Lipinski definition) is 4. The van der Waals surface area contributed by atoms with Crippen LogP contribution in [-0.4, -0.2) is 41.4 Å². The summed E-state index contributed by atoms with van der Waals surface area (Å²) in [5, 5.41) is 18.3. The van der Waals surface area contributed by atoms with Crippen LogP contribution in [-0.2, 0) is 13.0 Å². The molecule has 2 aromatic rings. The number of aliphatic hydroxyl groups excluding tert-OH is 1. The lowest BCUT2D eigenvalue weighted by atomic mass is 9.99. The Labute approximate surface area is 143 Å². The molecule has 0 aromatic heterocycles.